The van der Waals surface area contributed by atoms with Crippen LogP contribution in [0.25, 0.3) is 0 Å². The highest BCUT2D eigenvalue weighted by atomic mass is 32.2. The summed E-state index contributed by atoms with van der Waals surface area (Å²) in [5.74, 6) is 0. The van der Waals surface area contributed by atoms with Gasteiger partial charge in [-0.15, -0.1) is 0 Å². The van der Waals surface area contributed by atoms with Gasteiger partial charge in [-0.05, 0) is 31.0 Å². The Morgan fingerprint density at radius 2 is 1.90 bits per heavy atom. The van der Waals surface area contributed by atoms with Gasteiger partial charge in [0, 0.05) is 36.2 Å². The SMILES string of the molecule is CCNC(CCN1CC(C)SC(C)C1)c1ccccc1C. The van der Waals surface area contributed by atoms with Crippen molar-refractivity contribution in [3.63, 3.8) is 0 Å². The minimum absolute atomic E-state index is 0.483. The van der Waals surface area contributed by atoms with Crippen LogP contribution in [-0.4, -0.2) is 41.6 Å². The molecule has 1 aromatic rings. The lowest BCUT2D eigenvalue weighted by molar-refractivity contribution is 0.254. The molecule has 1 fully saturated rings. The first kappa shape index (κ1) is 16.9. The van der Waals surface area contributed by atoms with Crippen LogP contribution in [0.4, 0.5) is 0 Å². The number of nitrogens with one attached hydrogen (secondary N) is 1. The second-order valence-corrected chi connectivity index (χ2v) is 8.15. The number of nitrogens with zero attached hydrogens (tertiary/aromatic N) is 1. The predicted molar refractivity (Wildman–Crippen MR) is 95.2 cm³/mol. The fourth-order valence-electron chi connectivity index (χ4n) is 3.37. The minimum atomic E-state index is 0.483. The van der Waals surface area contributed by atoms with Crippen molar-refractivity contribution in [2.75, 3.05) is 26.2 Å². The van der Waals surface area contributed by atoms with Crippen LogP contribution in [0.3, 0.4) is 0 Å². The number of rotatable bonds is 6. The lowest BCUT2D eigenvalue weighted by Crippen LogP contribution is -2.41. The van der Waals surface area contributed by atoms with Gasteiger partial charge in [0.15, 0.2) is 0 Å². The first-order valence-electron chi connectivity index (χ1n) is 8.26. The topological polar surface area (TPSA) is 15.3 Å². The molecule has 0 radical (unpaired) electrons. The van der Waals surface area contributed by atoms with Crippen LogP contribution in [0, 0.1) is 6.92 Å². The fraction of sp³-hybridized carbons (Fsp3) is 0.667. The Hall–Kier alpha value is -0.510. The van der Waals surface area contributed by atoms with E-state index in [1.165, 1.54) is 37.2 Å². The maximum absolute atomic E-state index is 3.67. The molecule has 1 saturated heterocycles. The van der Waals surface area contributed by atoms with E-state index in [2.05, 4.69) is 73.9 Å². The van der Waals surface area contributed by atoms with E-state index in [4.69, 9.17) is 0 Å². The average Bonchev–Trinajstić information content (AvgIpc) is 2.43. The molecule has 2 rings (SSSR count). The van der Waals surface area contributed by atoms with Gasteiger partial charge in [0.05, 0.1) is 0 Å². The van der Waals surface area contributed by atoms with Gasteiger partial charge in [0.25, 0.3) is 0 Å². The van der Waals surface area contributed by atoms with Gasteiger partial charge in [-0.25, -0.2) is 0 Å². The van der Waals surface area contributed by atoms with Crippen LogP contribution in [0.15, 0.2) is 24.3 Å². The van der Waals surface area contributed by atoms with Crippen LogP contribution in [-0.2, 0) is 0 Å². The zero-order chi connectivity index (χ0) is 15.2. The number of benzene rings is 1. The monoisotopic (exact) mass is 306 g/mol. The van der Waals surface area contributed by atoms with Crippen LogP contribution in [0.5, 0.6) is 0 Å². The second kappa shape index (κ2) is 8.21. The summed E-state index contributed by atoms with van der Waals surface area (Å²) in [4.78, 5) is 2.65. The number of hydrogen-bond donors (Lipinski definition) is 1. The Bertz CT molecular complexity index is 425. The van der Waals surface area contributed by atoms with Crippen LogP contribution < -0.4 is 5.32 Å². The third-order valence-corrected chi connectivity index (χ3v) is 5.47. The summed E-state index contributed by atoms with van der Waals surface area (Å²) < 4.78 is 0. The molecule has 1 aromatic carbocycles. The molecule has 0 saturated carbocycles. The summed E-state index contributed by atoms with van der Waals surface area (Å²) in [5, 5.41) is 5.21. The predicted octanol–water partition coefficient (Wildman–Crippen LogP) is 3.86. The first-order chi connectivity index (χ1) is 10.1. The molecule has 0 amide bonds. The maximum atomic E-state index is 3.67. The minimum Gasteiger partial charge on any atom is -0.310 e. The summed E-state index contributed by atoms with van der Waals surface area (Å²) in [6.07, 6.45) is 1.20. The summed E-state index contributed by atoms with van der Waals surface area (Å²) in [7, 11) is 0. The third kappa shape index (κ3) is 5.01. The highest BCUT2D eigenvalue weighted by Gasteiger charge is 2.23. The molecule has 118 valence electrons. The van der Waals surface area contributed by atoms with Crippen molar-refractivity contribution < 1.29 is 0 Å². The summed E-state index contributed by atoms with van der Waals surface area (Å²) in [5.41, 5.74) is 2.87. The van der Waals surface area contributed by atoms with E-state index >= 15 is 0 Å². The Balaban J connectivity index is 1.96. The van der Waals surface area contributed by atoms with E-state index in [-0.39, 0.29) is 0 Å². The second-order valence-electron chi connectivity index (χ2n) is 6.27. The molecular weight excluding hydrogens is 276 g/mol. The van der Waals surface area contributed by atoms with Crippen molar-refractivity contribution in [3.8, 4) is 0 Å². The molecule has 1 aliphatic rings. The zero-order valence-electron chi connectivity index (χ0n) is 13.9. The average molecular weight is 307 g/mol. The summed E-state index contributed by atoms with van der Waals surface area (Å²) in [6.45, 7) is 13.8. The lowest BCUT2D eigenvalue weighted by atomic mass is 9.98. The van der Waals surface area contributed by atoms with E-state index in [0.717, 1.165) is 17.0 Å². The lowest BCUT2D eigenvalue weighted by Gasteiger charge is -2.35. The Kier molecular flexibility index (Phi) is 6.59. The molecule has 0 aliphatic carbocycles. The van der Waals surface area contributed by atoms with E-state index in [0.29, 0.717) is 6.04 Å². The van der Waals surface area contributed by atoms with Gasteiger partial charge >= 0.3 is 0 Å². The van der Waals surface area contributed by atoms with Gasteiger partial charge in [0.1, 0.15) is 0 Å². The van der Waals surface area contributed by atoms with E-state index in [9.17, 15) is 0 Å². The molecule has 0 aromatic heterocycles. The molecule has 3 atom stereocenters. The van der Waals surface area contributed by atoms with E-state index < -0.39 is 0 Å². The largest absolute Gasteiger partial charge is 0.310 e. The highest BCUT2D eigenvalue weighted by molar-refractivity contribution is 8.00. The fourth-order valence-corrected chi connectivity index (χ4v) is 4.76. The van der Waals surface area contributed by atoms with Gasteiger partial charge in [-0.1, -0.05) is 45.0 Å². The maximum Gasteiger partial charge on any atom is 0.0334 e. The van der Waals surface area contributed by atoms with Gasteiger partial charge < -0.3 is 10.2 Å². The van der Waals surface area contributed by atoms with Gasteiger partial charge in [0.2, 0.25) is 0 Å². The Morgan fingerprint density at radius 1 is 1.24 bits per heavy atom. The number of aryl methyl sites for hydroxylation is 1. The first-order valence-corrected chi connectivity index (χ1v) is 9.21. The molecule has 21 heavy (non-hydrogen) atoms. The summed E-state index contributed by atoms with van der Waals surface area (Å²) in [6, 6.07) is 9.28. The molecule has 0 bridgehead atoms. The van der Waals surface area contributed by atoms with Crippen molar-refractivity contribution in [1.29, 1.82) is 0 Å². The normalized spacial score (nSPS) is 25.0. The highest BCUT2D eigenvalue weighted by Crippen LogP contribution is 2.26. The molecular formula is C18H30N2S. The molecule has 0 spiro atoms. The third-order valence-electron chi connectivity index (χ3n) is 4.24. The van der Waals surface area contributed by atoms with Crippen molar-refractivity contribution >= 4 is 11.8 Å². The molecule has 2 nitrogen and oxygen atoms in total. The molecule has 1 aliphatic heterocycles. The number of thioether (sulfide) groups is 1. The van der Waals surface area contributed by atoms with Crippen LogP contribution >= 0.6 is 11.8 Å². The smallest absolute Gasteiger partial charge is 0.0334 e. The number of hydrogen-bond acceptors (Lipinski definition) is 3. The standard InChI is InChI=1S/C18H30N2S/c1-5-19-18(17-9-7-6-8-14(17)2)10-11-20-12-15(3)21-16(4)13-20/h6-9,15-16,18-19H,5,10-13H2,1-4H3. The van der Waals surface area contributed by atoms with E-state index in [1.807, 2.05) is 0 Å². The van der Waals surface area contributed by atoms with Gasteiger partial charge in [-0.2, -0.15) is 11.8 Å². The molecule has 3 heteroatoms. The van der Waals surface area contributed by atoms with Crippen LogP contribution in [0.1, 0.15) is 44.4 Å². The van der Waals surface area contributed by atoms with E-state index in [1.54, 1.807) is 0 Å². The molecule has 1 N–H and O–H groups in total. The Labute approximate surface area is 134 Å². The van der Waals surface area contributed by atoms with Gasteiger partial charge in [-0.3, -0.25) is 0 Å². The van der Waals surface area contributed by atoms with Crippen molar-refractivity contribution in [2.24, 2.45) is 0 Å². The molecule has 3 unspecified atom stereocenters. The summed E-state index contributed by atoms with van der Waals surface area (Å²) >= 11 is 2.13. The molecule has 1 heterocycles. The quantitative estimate of drug-likeness (QED) is 0.859. The van der Waals surface area contributed by atoms with Crippen molar-refractivity contribution in [1.82, 2.24) is 10.2 Å². The zero-order valence-corrected chi connectivity index (χ0v) is 14.7. The Morgan fingerprint density at radius 3 is 2.52 bits per heavy atom. The van der Waals surface area contributed by atoms with Crippen molar-refractivity contribution in [2.45, 2.75) is 50.7 Å². The van der Waals surface area contributed by atoms with Crippen LogP contribution in [0.2, 0.25) is 0 Å². The van der Waals surface area contributed by atoms with Crippen molar-refractivity contribution in [3.05, 3.63) is 35.4 Å².